The number of allylic oxidation sites excluding steroid dienone is 1. The molecule has 3 N–H and O–H groups in total. The van der Waals surface area contributed by atoms with E-state index in [4.69, 9.17) is 0 Å². The Balaban J connectivity index is 1.85. The number of aliphatic hydroxyl groups excluding tert-OH is 1. The van der Waals surface area contributed by atoms with E-state index in [-0.39, 0.29) is 29.0 Å². The number of halogens is 1. The molecular formula is C18H22IN3O4. The van der Waals surface area contributed by atoms with Crippen molar-refractivity contribution in [2.24, 2.45) is 0 Å². The molecule has 3 rings (SSSR count). The average Bonchev–Trinajstić information content (AvgIpc) is 2.68. The van der Waals surface area contributed by atoms with Crippen molar-refractivity contribution >= 4 is 40.1 Å². The zero-order chi connectivity index (χ0) is 18.8. The summed E-state index contributed by atoms with van der Waals surface area (Å²) in [6, 6.07) is 0.235. The van der Waals surface area contributed by atoms with Gasteiger partial charge in [0.1, 0.15) is 17.1 Å². The van der Waals surface area contributed by atoms with E-state index in [2.05, 4.69) is 33.5 Å². The Kier molecular flexibility index (Phi) is 5.69. The molecule has 0 saturated heterocycles. The maximum atomic E-state index is 12.1. The van der Waals surface area contributed by atoms with Crippen molar-refractivity contribution < 1.29 is 9.90 Å². The Morgan fingerprint density at radius 3 is 2.58 bits per heavy atom. The lowest BCUT2D eigenvalue weighted by atomic mass is 9.95. The molecule has 2 aliphatic rings. The predicted octanol–water partition coefficient (Wildman–Crippen LogP) is 2.42. The highest BCUT2D eigenvalue weighted by Gasteiger charge is 2.31. The third kappa shape index (κ3) is 3.38. The molecule has 1 aromatic carbocycles. The molecule has 1 amide bonds. The minimum Gasteiger partial charge on any atom is -0.505 e. The van der Waals surface area contributed by atoms with Gasteiger partial charge in [0.25, 0.3) is 16.8 Å². The molecule has 1 aromatic rings. The van der Waals surface area contributed by atoms with E-state index >= 15 is 0 Å². The highest BCUT2D eigenvalue weighted by atomic mass is 127. The molecule has 1 fully saturated rings. The minimum atomic E-state index is -0.585. The fourth-order valence-corrected chi connectivity index (χ4v) is 4.56. The number of hydrogen-bond acceptors (Lipinski definition) is 6. The fraction of sp³-hybridized carbons (Fsp3) is 0.500. The summed E-state index contributed by atoms with van der Waals surface area (Å²) in [5.41, 5.74) is 0.0549. The van der Waals surface area contributed by atoms with Gasteiger partial charge in [0, 0.05) is 13.1 Å². The van der Waals surface area contributed by atoms with E-state index in [9.17, 15) is 19.5 Å². The Labute approximate surface area is 165 Å². The van der Waals surface area contributed by atoms with Crippen molar-refractivity contribution in [1.82, 2.24) is 5.32 Å². The maximum Gasteiger partial charge on any atom is 0.254 e. The van der Waals surface area contributed by atoms with E-state index in [0.717, 1.165) is 25.7 Å². The minimum absolute atomic E-state index is 0.174. The number of aliphatic hydroxyl groups is 1. The molecule has 0 bridgehead atoms. The first-order valence-electron chi connectivity index (χ1n) is 8.85. The molecule has 0 heterocycles. The van der Waals surface area contributed by atoms with E-state index < -0.39 is 10.9 Å². The molecule has 7 nitrogen and oxygen atoms in total. The summed E-state index contributed by atoms with van der Waals surface area (Å²) in [6.07, 6.45) is 8.16. The van der Waals surface area contributed by atoms with Crippen molar-refractivity contribution in [3.63, 3.8) is 0 Å². The lowest BCUT2D eigenvalue weighted by Gasteiger charge is -2.32. The Morgan fingerprint density at radius 2 is 1.92 bits per heavy atom. The van der Waals surface area contributed by atoms with Gasteiger partial charge in [-0.15, -0.1) is 0 Å². The van der Waals surface area contributed by atoms with Crippen LogP contribution in [0.25, 0.3) is 0 Å². The molecule has 140 valence electrons. The van der Waals surface area contributed by atoms with Crippen LogP contribution in [0.2, 0.25) is 0 Å². The van der Waals surface area contributed by atoms with E-state index in [0.29, 0.717) is 24.2 Å². The summed E-state index contributed by atoms with van der Waals surface area (Å²) in [4.78, 5) is 36.1. The number of nitrogens with one attached hydrogen (secondary N) is 2. The first-order valence-corrected chi connectivity index (χ1v) is 9.82. The first-order chi connectivity index (χ1) is 12.5. The second-order valence-corrected chi connectivity index (χ2v) is 7.71. The molecule has 2 aliphatic carbocycles. The standard InChI is InChI=1S/C18H22IN3O4/c1-20-18(26)11-8-5-9-12(15(11)23)21-13-14(17(25)16(13)24)22(19)10-6-3-2-4-7-10/h9-10,21,23H,2-8H2,1H3,(H,20,26). The molecule has 0 spiro atoms. The van der Waals surface area contributed by atoms with E-state index in [1.807, 2.05) is 3.11 Å². The van der Waals surface area contributed by atoms with Crippen LogP contribution in [0.1, 0.15) is 44.9 Å². The van der Waals surface area contributed by atoms with Crippen LogP contribution in [0.3, 0.4) is 0 Å². The molecule has 0 aromatic heterocycles. The quantitative estimate of drug-likeness (QED) is 0.347. The van der Waals surface area contributed by atoms with E-state index in [1.165, 1.54) is 13.5 Å². The summed E-state index contributed by atoms with van der Waals surface area (Å²) < 4.78 is 1.87. The fourth-order valence-electron chi connectivity index (χ4n) is 3.55. The summed E-state index contributed by atoms with van der Waals surface area (Å²) >= 11 is 2.10. The number of nitrogens with zero attached hydrogens (tertiary/aromatic N) is 1. The summed E-state index contributed by atoms with van der Waals surface area (Å²) in [5.74, 6) is -0.523. The number of hydrogen-bond donors (Lipinski definition) is 3. The maximum absolute atomic E-state index is 12.1. The summed E-state index contributed by atoms with van der Waals surface area (Å²) in [7, 11) is 1.50. The van der Waals surface area contributed by atoms with E-state index in [1.54, 1.807) is 6.08 Å². The third-order valence-electron chi connectivity index (χ3n) is 5.04. The highest BCUT2D eigenvalue weighted by molar-refractivity contribution is 14.1. The lowest BCUT2D eigenvalue weighted by molar-refractivity contribution is -0.117. The van der Waals surface area contributed by atoms with Crippen LogP contribution in [0.5, 0.6) is 0 Å². The first kappa shape index (κ1) is 18.9. The molecule has 0 radical (unpaired) electrons. The number of amides is 1. The summed E-state index contributed by atoms with van der Waals surface area (Å²) in [5, 5.41) is 15.8. The molecule has 8 heteroatoms. The van der Waals surface area contributed by atoms with Gasteiger partial charge in [0.05, 0.1) is 34.1 Å². The molecule has 0 aliphatic heterocycles. The van der Waals surface area contributed by atoms with Gasteiger partial charge in [-0.25, -0.2) is 0 Å². The zero-order valence-corrected chi connectivity index (χ0v) is 16.8. The van der Waals surface area contributed by atoms with Gasteiger partial charge < -0.3 is 18.9 Å². The van der Waals surface area contributed by atoms with Gasteiger partial charge in [-0.1, -0.05) is 25.3 Å². The van der Waals surface area contributed by atoms with Gasteiger partial charge in [-0.3, -0.25) is 14.4 Å². The Bertz CT molecular complexity index is 845. The molecule has 26 heavy (non-hydrogen) atoms. The number of carbonyl (C=O) groups excluding carboxylic acids is 1. The Morgan fingerprint density at radius 1 is 1.23 bits per heavy atom. The topological polar surface area (TPSA) is 98.7 Å². The van der Waals surface area contributed by atoms with Crippen molar-refractivity contribution in [2.45, 2.75) is 51.0 Å². The average molecular weight is 471 g/mol. The van der Waals surface area contributed by atoms with Crippen molar-refractivity contribution in [2.75, 3.05) is 15.5 Å². The van der Waals surface area contributed by atoms with Crippen LogP contribution < -0.4 is 24.6 Å². The van der Waals surface area contributed by atoms with Crippen LogP contribution in [0.4, 0.5) is 11.4 Å². The monoisotopic (exact) mass is 471 g/mol. The van der Waals surface area contributed by atoms with Crippen molar-refractivity contribution in [3.8, 4) is 0 Å². The number of carbonyl (C=O) groups is 1. The van der Waals surface area contributed by atoms with Crippen molar-refractivity contribution in [3.05, 3.63) is 43.6 Å². The normalized spacial score (nSPS) is 18.6. The second-order valence-electron chi connectivity index (χ2n) is 6.67. The van der Waals surface area contributed by atoms with Crippen LogP contribution in [-0.2, 0) is 4.79 Å². The highest BCUT2D eigenvalue weighted by Crippen LogP contribution is 2.34. The van der Waals surface area contributed by atoms with Gasteiger partial charge >= 0.3 is 0 Å². The smallest absolute Gasteiger partial charge is 0.254 e. The zero-order valence-electron chi connectivity index (χ0n) is 14.6. The van der Waals surface area contributed by atoms with Crippen LogP contribution in [0.15, 0.2) is 32.7 Å². The largest absolute Gasteiger partial charge is 0.505 e. The number of rotatable bonds is 5. The van der Waals surface area contributed by atoms with Crippen LogP contribution >= 0.6 is 22.9 Å². The van der Waals surface area contributed by atoms with Gasteiger partial charge in [-0.2, -0.15) is 0 Å². The molecular weight excluding hydrogens is 449 g/mol. The van der Waals surface area contributed by atoms with Crippen molar-refractivity contribution in [1.29, 1.82) is 0 Å². The lowest BCUT2D eigenvalue weighted by Crippen LogP contribution is -2.43. The molecule has 0 atom stereocenters. The second kappa shape index (κ2) is 7.81. The van der Waals surface area contributed by atoms with Gasteiger partial charge in [0.15, 0.2) is 0 Å². The number of anilines is 2. The Hall–Kier alpha value is -1.84. The third-order valence-corrected chi connectivity index (χ3v) is 6.31. The van der Waals surface area contributed by atoms with Gasteiger partial charge in [0.2, 0.25) is 0 Å². The number of likely N-dealkylation sites (N-methyl/N-ethyl adjacent to an activating group) is 1. The predicted molar refractivity (Wildman–Crippen MR) is 109 cm³/mol. The van der Waals surface area contributed by atoms with Crippen LogP contribution in [0, 0.1) is 0 Å². The summed E-state index contributed by atoms with van der Waals surface area (Å²) in [6.45, 7) is 0. The molecule has 0 unspecified atom stereocenters. The SMILES string of the molecule is CNC(=O)C1=C(O)C(Nc2c(N(I)C3CCCCC3)c(=O)c2=O)=CCC1. The molecule has 1 saturated carbocycles. The van der Waals surface area contributed by atoms with Gasteiger partial charge in [-0.05, 0) is 25.7 Å². The van der Waals surface area contributed by atoms with Crippen LogP contribution in [-0.4, -0.2) is 24.1 Å².